The van der Waals surface area contributed by atoms with Crippen molar-refractivity contribution in [2.45, 2.75) is 256 Å². The van der Waals surface area contributed by atoms with Gasteiger partial charge in [0.15, 0.2) is 0 Å². The van der Waals surface area contributed by atoms with E-state index in [9.17, 15) is 0 Å². The second-order valence-electron chi connectivity index (χ2n) is 33.9. The lowest BCUT2D eigenvalue weighted by Gasteiger charge is -2.51. The molecule has 4 heterocycles. The average Bonchev–Trinajstić information content (AvgIpc) is 2.13. The van der Waals surface area contributed by atoms with Crippen LogP contribution >= 0.6 is 11.3 Å². The summed E-state index contributed by atoms with van der Waals surface area (Å²) in [7, 11) is 0. The molecule has 5 heteroatoms. The smallest absolute Gasteiger partial charge is 0.264 e. The highest BCUT2D eigenvalue weighted by Crippen LogP contribution is 2.65. The zero-order chi connectivity index (χ0) is 58.5. The maximum absolute atomic E-state index is 2.97. The highest BCUT2D eigenvalue weighted by atomic mass is 32.1. The molecule has 7 aromatic rings. The molecule has 0 bridgehead atoms. The van der Waals surface area contributed by atoms with Gasteiger partial charge < -0.3 is 14.7 Å². The van der Waals surface area contributed by atoms with E-state index in [1.807, 2.05) is 0 Å². The van der Waals surface area contributed by atoms with E-state index in [1.165, 1.54) is 170 Å². The van der Waals surface area contributed by atoms with Gasteiger partial charge in [0.1, 0.15) is 0 Å². The molecule has 0 saturated heterocycles. The van der Waals surface area contributed by atoms with E-state index in [-0.39, 0.29) is 61.0 Å². The van der Waals surface area contributed by atoms with Crippen LogP contribution in [0, 0.1) is 0 Å². The van der Waals surface area contributed by atoms with Gasteiger partial charge in [-0.05, 0) is 230 Å². The molecule has 0 N–H and O–H groups in total. The van der Waals surface area contributed by atoms with Crippen molar-refractivity contribution in [3.63, 3.8) is 0 Å². The predicted molar refractivity (Wildman–Crippen MR) is 360 cm³/mol. The summed E-state index contributed by atoms with van der Waals surface area (Å²) in [6.07, 6.45) is 14.4. The zero-order valence-corrected chi connectivity index (χ0v) is 54.9. The molecule has 1 aromatic heterocycles. The molecule has 0 amide bonds. The minimum Gasteiger partial charge on any atom is -0.334 e. The van der Waals surface area contributed by atoms with E-state index in [2.05, 4.69) is 248 Å². The first kappa shape index (κ1) is 54.4. The van der Waals surface area contributed by atoms with Gasteiger partial charge in [-0.3, -0.25) is 0 Å². The molecule has 2 atom stereocenters. The van der Waals surface area contributed by atoms with E-state index < -0.39 is 0 Å². The van der Waals surface area contributed by atoms with Crippen LogP contribution in [0.15, 0.2) is 97.1 Å². The monoisotopic (exact) mass is 1120 g/mol. The fraction of sp³-hybridized carbons (Fsp3) is 0.513. The number of anilines is 8. The summed E-state index contributed by atoms with van der Waals surface area (Å²) >= 11 is 2.06. The standard InChI is InChI=1S/C78H94BN3S/c1-69(2)31-33-71(5,6)53-39-47(25-27-51(53)69)80-62-46-58-56(74(11,12)36-38-76(58,15)16)44-60(62)79-66-63(80)41-49(82-61-45-57-55(73(9,10)35-37-75(57,13)14)43-59(61)77(17)29-21-22-30-78(77,82)18)42-64(66)81(67-50-23-19-20-24-65(50)83-68(67)79)48-26-28-52-54(40-48)72(7,8)34-32-70(52,3)4/h19-20,23-28,39-46H,21-22,29-38H2,1-18H3. The van der Waals surface area contributed by atoms with Crippen LogP contribution in [0.1, 0.15) is 252 Å². The van der Waals surface area contributed by atoms with Crippen LogP contribution in [-0.2, 0) is 48.7 Å². The first-order chi connectivity index (χ1) is 38.8. The average molecular weight is 1120 g/mol. The summed E-state index contributed by atoms with van der Waals surface area (Å²) in [6, 6.07) is 41.5. The molecule has 1 fully saturated rings. The van der Waals surface area contributed by atoms with Gasteiger partial charge in [-0.25, -0.2) is 0 Å². The second kappa shape index (κ2) is 16.8. The van der Waals surface area contributed by atoms with E-state index in [0.29, 0.717) is 0 Å². The molecule has 1 saturated carbocycles. The third-order valence-corrected chi connectivity index (χ3v) is 26.3. The van der Waals surface area contributed by atoms with Crippen molar-refractivity contribution in [3.8, 4) is 0 Å². The minimum absolute atomic E-state index is 0.0302. The SMILES string of the molecule is CC1(C)CCC(C)(C)c2cc(N3c4cc5c(cc4B4c6sc7ccccc7c6N(c6ccc7c(c6)C(C)(C)CCC7(C)C)c6cc(N7c8cc9c(cc8C8(C)CCCCC78C)C(C)(C)CCC9(C)C)cc3c64)C(C)(C)CCC5(C)C)ccc21. The number of benzene rings is 6. The van der Waals surface area contributed by atoms with Gasteiger partial charge in [0.05, 0.1) is 11.2 Å². The molecule has 83 heavy (non-hydrogen) atoms. The van der Waals surface area contributed by atoms with Gasteiger partial charge in [-0.1, -0.05) is 173 Å². The lowest BCUT2D eigenvalue weighted by molar-refractivity contribution is 0.194. The number of fused-ring (bicyclic) bond motifs is 13. The molecule has 8 aliphatic rings. The lowest BCUT2D eigenvalue weighted by Crippen LogP contribution is -2.61. The van der Waals surface area contributed by atoms with E-state index in [1.54, 1.807) is 22.3 Å². The number of hydrogen-bond acceptors (Lipinski definition) is 4. The Morgan fingerprint density at radius 3 is 1.34 bits per heavy atom. The molecule has 15 rings (SSSR count). The Morgan fingerprint density at radius 2 is 0.795 bits per heavy atom. The van der Waals surface area contributed by atoms with Crippen molar-refractivity contribution in [3.05, 3.63) is 147 Å². The van der Waals surface area contributed by atoms with Crippen LogP contribution in [0.3, 0.4) is 0 Å². The van der Waals surface area contributed by atoms with Gasteiger partial charge in [0, 0.05) is 60.1 Å². The van der Waals surface area contributed by atoms with Gasteiger partial charge in [0.25, 0.3) is 6.71 Å². The fourth-order valence-corrected chi connectivity index (χ4v) is 20.1. The molecule has 0 spiro atoms. The van der Waals surface area contributed by atoms with Crippen LogP contribution in [0.2, 0.25) is 0 Å². The Kier molecular flexibility index (Phi) is 11.0. The highest BCUT2D eigenvalue weighted by molar-refractivity contribution is 7.33. The van der Waals surface area contributed by atoms with Crippen molar-refractivity contribution in [2.24, 2.45) is 0 Å². The van der Waals surface area contributed by atoms with Crippen LogP contribution < -0.4 is 30.4 Å². The molecular formula is C78H94BN3S. The van der Waals surface area contributed by atoms with Gasteiger partial charge >= 0.3 is 0 Å². The first-order valence-corrected chi connectivity index (χ1v) is 33.4. The van der Waals surface area contributed by atoms with Gasteiger partial charge in [0.2, 0.25) is 0 Å². The van der Waals surface area contributed by atoms with Crippen molar-refractivity contribution >= 4 is 89.3 Å². The van der Waals surface area contributed by atoms with Crippen molar-refractivity contribution in [1.82, 2.24) is 0 Å². The number of thiophene rings is 1. The quantitative estimate of drug-likeness (QED) is 0.163. The van der Waals surface area contributed by atoms with E-state index in [0.717, 1.165) is 6.42 Å². The molecule has 5 aliphatic carbocycles. The normalized spacial score (nSPS) is 26.1. The zero-order valence-electron chi connectivity index (χ0n) is 54.1. The molecular weight excluding hydrogens is 1020 g/mol. The maximum Gasteiger partial charge on any atom is 0.264 e. The molecule has 0 radical (unpaired) electrons. The summed E-state index contributed by atoms with van der Waals surface area (Å²) in [4.78, 5) is 8.61. The Labute approximate surface area is 504 Å². The number of nitrogens with zero attached hydrogens (tertiary/aromatic N) is 3. The Balaban J connectivity index is 1.10. The summed E-state index contributed by atoms with van der Waals surface area (Å²) < 4.78 is 2.84. The summed E-state index contributed by atoms with van der Waals surface area (Å²) in [5, 5.41) is 1.36. The minimum atomic E-state index is -0.152. The van der Waals surface area contributed by atoms with Crippen molar-refractivity contribution in [1.29, 1.82) is 0 Å². The molecule has 3 aliphatic heterocycles. The largest absolute Gasteiger partial charge is 0.334 e. The Hall–Kier alpha value is -5.26. The number of rotatable bonds is 3. The number of hydrogen-bond donors (Lipinski definition) is 0. The van der Waals surface area contributed by atoms with Crippen LogP contribution in [0.4, 0.5) is 45.5 Å². The third kappa shape index (κ3) is 7.34. The maximum atomic E-state index is 2.97. The topological polar surface area (TPSA) is 9.72 Å². The molecule has 3 nitrogen and oxygen atoms in total. The third-order valence-electron chi connectivity index (χ3n) is 25.0. The summed E-state index contributed by atoms with van der Waals surface area (Å²) in [5.74, 6) is 0. The van der Waals surface area contributed by atoms with Crippen molar-refractivity contribution < 1.29 is 0 Å². The van der Waals surface area contributed by atoms with Crippen LogP contribution in [-0.4, -0.2) is 12.3 Å². The van der Waals surface area contributed by atoms with E-state index in [4.69, 9.17) is 0 Å². The summed E-state index contributed by atoms with van der Waals surface area (Å²) in [6.45, 7) is 45.7. The van der Waals surface area contributed by atoms with E-state index >= 15 is 0 Å². The van der Waals surface area contributed by atoms with Crippen LogP contribution in [0.5, 0.6) is 0 Å². The van der Waals surface area contributed by atoms with Crippen molar-refractivity contribution in [2.75, 3.05) is 14.7 Å². The molecule has 430 valence electrons. The highest BCUT2D eigenvalue weighted by Gasteiger charge is 2.60. The summed E-state index contributed by atoms with van der Waals surface area (Å²) in [5.41, 5.74) is 27.9. The second-order valence-corrected chi connectivity index (χ2v) is 34.9. The van der Waals surface area contributed by atoms with Crippen LogP contribution in [0.25, 0.3) is 10.1 Å². The first-order valence-electron chi connectivity index (χ1n) is 32.6. The lowest BCUT2D eigenvalue weighted by atomic mass is 9.35. The van der Waals surface area contributed by atoms with Gasteiger partial charge in [-0.15, -0.1) is 11.3 Å². The molecule has 6 aromatic carbocycles. The predicted octanol–water partition coefficient (Wildman–Crippen LogP) is 20.1. The Morgan fingerprint density at radius 1 is 0.361 bits per heavy atom. The Bertz CT molecular complexity index is 3970. The fourth-order valence-electron chi connectivity index (χ4n) is 18.8. The molecule has 2 unspecified atom stereocenters. The van der Waals surface area contributed by atoms with Gasteiger partial charge in [-0.2, -0.15) is 0 Å².